The Morgan fingerprint density at radius 1 is 0.382 bits per heavy atom. The highest BCUT2D eigenvalue weighted by Gasteiger charge is 2.12. The third kappa shape index (κ3) is 2.80. The minimum absolute atomic E-state index is 1.30. The van der Waals surface area contributed by atoms with E-state index >= 15 is 0 Å². The lowest BCUT2D eigenvalue weighted by Crippen LogP contribution is -1.77. The molecule has 8 aromatic rings. The van der Waals surface area contributed by atoms with E-state index in [-0.39, 0.29) is 0 Å². The molecule has 8 rings (SSSR count). The van der Waals surface area contributed by atoms with Crippen molar-refractivity contribution < 1.29 is 0 Å². The maximum atomic E-state index is 2.39. The highest BCUT2D eigenvalue weighted by atomic mass is 32.1. The summed E-state index contributed by atoms with van der Waals surface area (Å²) in [7, 11) is 0. The Balaban J connectivity index is 1.29. The van der Waals surface area contributed by atoms with Gasteiger partial charge in [-0.05, 0) is 84.3 Å². The molecular formula is C30H18S4. The quantitative estimate of drug-likeness (QED) is 0.208. The molecule has 34 heavy (non-hydrogen) atoms. The van der Waals surface area contributed by atoms with Crippen LogP contribution in [-0.4, -0.2) is 0 Å². The number of benzene rings is 4. The van der Waals surface area contributed by atoms with Gasteiger partial charge in [0, 0.05) is 59.5 Å². The van der Waals surface area contributed by atoms with Crippen LogP contribution in [-0.2, 0) is 0 Å². The first-order valence-electron chi connectivity index (χ1n) is 11.3. The number of rotatable bonds is 1. The maximum absolute atomic E-state index is 2.39. The zero-order chi connectivity index (χ0) is 22.6. The van der Waals surface area contributed by atoms with Gasteiger partial charge in [0.05, 0.1) is 0 Å². The van der Waals surface area contributed by atoms with E-state index in [1.165, 1.54) is 81.4 Å². The van der Waals surface area contributed by atoms with Crippen molar-refractivity contribution in [2.24, 2.45) is 0 Å². The van der Waals surface area contributed by atoms with Crippen molar-refractivity contribution in [1.82, 2.24) is 0 Å². The van der Waals surface area contributed by atoms with Gasteiger partial charge in [-0.25, -0.2) is 0 Å². The zero-order valence-electron chi connectivity index (χ0n) is 18.6. The van der Waals surface area contributed by atoms with Crippen LogP contribution >= 0.6 is 45.3 Å². The average Bonchev–Trinajstić information content (AvgIpc) is 3.55. The first-order chi connectivity index (χ1) is 16.6. The summed E-state index contributed by atoms with van der Waals surface area (Å²) in [6.07, 6.45) is 0. The monoisotopic (exact) mass is 506 g/mol. The molecule has 0 radical (unpaired) electrons. The summed E-state index contributed by atoms with van der Waals surface area (Å²) < 4.78 is 8.28. The van der Waals surface area contributed by atoms with E-state index in [4.69, 9.17) is 0 Å². The van der Waals surface area contributed by atoms with E-state index in [0.29, 0.717) is 0 Å². The second-order valence-corrected chi connectivity index (χ2v) is 13.9. The molecule has 0 amide bonds. The van der Waals surface area contributed by atoms with Gasteiger partial charge in [0.2, 0.25) is 0 Å². The third-order valence-corrected chi connectivity index (χ3v) is 11.1. The van der Waals surface area contributed by atoms with Gasteiger partial charge in [-0.1, -0.05) is 24.3 Å². The molecular weight excluding hydrogens is 489 g/mol. The Morgan fingerprint density at radius 3 is 1.29 bits per heavy atom. The molecule has 0 bridgehead atoms. The number of hydrogen-bond acceptors (Lipinski definition) is 4. The van der Waals surface area contributed by atoms with Crippen molar-refractivity contribution in [2.45, 2.75) is 13.8 Å². The van der Waals surface area contributed by atoms with Crippen LogP contribution in [0.3, 0.4) is 0 Å². The van der Waals surface area contributed by atoms with Crippen LogP contribution in [0.4, 0.5) is 0 Å². The highest BCUT2D eigenvalue weighted by Crippen LogP contribution is 2.42. The molecule has 0 nitrogen and oxygen atoms in total. The van der Waals surface area contributed by atoms with Crippen LogP contribution < -0.4 is 0 Å². The predicted molar refractivity (Wildman–Crippen MR) is 158 cm³/mol. The van der Waals surface area contributed by atoms with Crippen molar-refractivity contribution in [1.29, 1.82) is 0 Å². The van der Waals surface area contributed by atoms with Gasteiger partial charge in [0.1, 0.15) is 0 Å². The fraction of sp³-hybridized carbons (Fsp3) is 0.0667. The minimum Gasteiger partial charge on any atom is -0.141 e. The summed E-state index contributed by atoms with van der Waals surface area (Å²) in [5.74, 6) is 0. The fourth-order valence-electron chi connectivity index (χ4n) is 5.24. The molecule has 0 N–H and O–H groups in total. The molecule has 4 aromatic heterocycles. The van der Waals surface area contributed by atoms with Crippen molar-refractivity contribution >= 4 is 106 Å². The molecule has 4 heteroatoms. The summed E-state index contributed by atoms with van der Waals surface area (Å²) in [6, 6.07) is 28.1. The molecule has 0 aliphatic carbocycles. The normalized spacial score (nSPS) is 12.4. The van der Waals surface area contributed by atoms with E-state index in [0.717, 1.165) is 0 Å². The number of aryl methyl sites for hydroxylation is 2. The zero-order valence-corrected chi connectivity index (χ0v) is 21.8. The molecule has 0 aliphatic rings. The van der Waals surface area contributed by atoms with E-state index < -0.39 is 0 Å². The Kier molecular flexibility index (Phi) is 3.96. The topological polar surface area (TPSA) is 0 Å². The molecule has 0 saturated heterocycles. The van der Waals surface area contributed by atoms with Gasteiger partial charge in [-0.3, -0.25) is 0 Å². The number of hydrogen-bond donors (Lipinski definition) is 0. The summed E-state index contributed by atoms with van der Waals surface area (Å²) in [6.45, 7) is 4.39. The molecule has 0 spiro atoms. The Morgan fingerprint density at radius 2 is 0.824 bits per heavy atom. The lowest BCUT2D eigenvalue weighted by atomic mass is 10.0. The van der Waals surface area contributed by atoms with Gasteiger partial charge >= 0.3 is 0 Å². The summed E-state index contributed by atoms with van der Waals surface area (Å²) in [4.78, 5) is 2.76. The van der Waals surface area contributed by atoms with Gasteiger partial charge in [-0.2, -0.15) is 0 Å². The van der Waals surface area contributed by atoms with Crippen molar-refractivity contribution in [3.8, 4) is 11.1 Å². The van der Waals surface area contributed by atoms with E-state index in [1.807, 2.05) is 45.3 Å². The molecule has 0 atom stereocenters. The van der Waals surface area contributed by atoms with Crippen LogP contribution in [0.15, 0.2) is 72.8 Å². The molecule has 0 fully saturated rings. The van der Waals surface area contributed by atoms with Crippen LogP contribution in [0.2, 0.25) is 0 Å². The lowest BCUT2D eigenvalue weighted by molar-refractivity contribution is 1.66. The van der Waals surface area contributed by atoms with Gasteiger partial charge in [-0.15, -0.1) is 45.3 Å². The molecule has 0 saturated carbocycles. The van der Waals surface area contributed by atoms with E-state index in [9.17, 15) is 0 Å². The third-order valence-electron chi connectivity index (χ3n) is 6.80. The van der Waals surface area contributed by atoms with Crippen molar-refractivity contribution in [3.63, 3.8) is 0 Å². The molecule has 4 aromatic carbocycles. The smallest absolute Gasteiger partial charge is 0.0362 e. The first kappa shape index (κ1) is 19.5. The number of fused-ring (bicyclic) bond motifs is 8. The van der Waals surface area contributed by atoms with Crippen LogP contribution in [0.5, 0.6) is 0 Å². The Hall–Kier alpha value is -2.76. The summed E-state index contributed by atoms with van der Waals surface area (Å²) >= 11 is 7.61. The summed E-state index contributed by atoms with van der Waals surface area (Å²) in [5.41, 5.74) is 2.60. The number of thiophene rings is 4. The Bertz CT molecular complexity index is 1940. The highest BCUT2D eigenvalue weighted by molar-refractivity contribution is 7.26. The molecule has 4 heterocycles. The van der Waals surface area contributed by atoms with Gasteiger partial charge in [0.25, 0.3) is 0 Å². The Labute approximate surface area is 212 Å². The minimum atomic E-state index is 1.30. The average molecular weight is 507 g/mol. The molecule has 162 valence electrons. The second-order valence-electron chi connectivity index (χ2n) is 9.11. The molecule has 0 unspecified atom stereocenters. The van der Waals surface area contributed by atoms with Crippen LogP contribution in [0.1, 0.15) is 9.75 Å². The SMILES string of the molecule is Cc1cc2cc3sc4cc(-c5ccc6c(c5)sc5cc7cc(C)sc7cc56)ccc4c3cc2s1. The fourth-order valence-corrected chi connectivity index (χ4v) is 9.48. The summed E-state index contributed by atoms with van der Waals surface area (Å²) in [5, 5.41) is 8.25. The molecule has 0 aliphatic heterocycles. The maximum Gasteiger partial charge on any atom is 0.0362 e. The lowest BCUT2D eigenvalue weighted by Gasteiger charge is -2.03. The standard InChI is InChI=1S/C30H18S4/c1-15-7-19-11-29-23(13-25(19)31-15)21-5-3-17(9-27(21)33-29)18-4-6-22-24-14-26-20(8-16(2)32-26)12-30(24)34-28(22)10-18/h3-14H,1-2H3. The van der Waals surface area contributed by atoms with Gasteiger partial charge in [0.15, 0.2) is 0 Å². The van der Waals surface area contributed by atoms with Crippen molar-refractivity contribution in [3.05, 3.63) is 82.6 Å². The van der Waals surface area contributed by atoms with E-state index in [2.05, 4.69) is 86.6 Å². The first-order valence-corrected chi connectivity index (χ1v) is 14.6. The van der Waals surface area contributed by atoms with Crippen molar-refractivity contribution in [2.75, 3.05) is 0 Å². The van der Waals surface area contributed by atoms with E-state index in [1.54, 1.807) is 0 Å². The van der Waals surface area contributed by atoms with Crippen LogP contribution in [0, 0.1) is 13.8 Å². The largest absolute Gasteiger partial charge is 0.141 e. The van der Waals surface area contributed by atoms with Gasteiger partial charge < -0.3 is 0 Å². The predicted octanol–water partition coefficient (Wildman–Crippen LogP) is 11.1. The second kappa shape index (κ2) is 6.89. The van der Waals surface area contributed by atoms with Crippen LogP contribution in [0.25, 0.3) is 71.6 Å².